The van der Waals surface area contributed by atoms with Crippen molar-refractivity contribution in [2.75, 3.05) is 6.54 Å². The van der Waals surface area contributed by atoms with Gasteiger partial charge in [0.2, 0.25) is 0 Å². The minimum absolute atomic E-state index is 0.0867. The lowest BCUT2D eigenvalue weighted by Gasteiger charge is -2.24. The van der Waals surface area contributed by atoms with Crippen molar-refractivity contribution in [1.29, 1.82) is 0 Å². The summed E-state index contributed by atoms with van der Waals surface area (Å²) in [6.45, 7) is 3.93. The van der Waals surface area contributed by atoms with E-state index in [1.807, 2.05) is 10.3 Å². The highest BCUT2D eigenvalue weighted by Crippen LogP contribution is 2.34. The Hall–Kier alpha value is -1.69. The van der Waals surface area contributed by atoms with E-state index in [1.165, 1.54) is 19.3 Å². The molecule has 0 aliphatic carbocycles. The first-order valence-corrected chi connectivity index (χ1v) is 9.97. The molecule has 1 fully saturated rings. The Morgan fingerprint density at radius 2 is 2.17 bits per heavy atom. The van der Waals surface area contributed by atoms with Crippen molar-refractivity contribution in [2.24, 2.45) is 0 Å². The molecule has 5 nitrogen and oxygen atoms in total. The molecule has 24 heavy (non-hydrogen) atoms. The highest BCUT2D eigenvalue weighted by atomic mass is 32.1. The first-order chi connectivity index (χ1) is 11.8. The molecule has 1 unspecified atom stereocenters. The molecular weight excluding hydrogens is 320 g/mol. The number of nitrogens with zero attached hydrogens (tertiary/aromatic N) is 4. The summed E-state index contributed by atoms with van der Waals surface area (Å²) in [5.41, 5.74) is 1.16. The maximum atomic E-state index is 13.1. The number of fused-ring (bicyclic) bond motifs is 1. The summed E-state index contributed by atoms with van der Waals surface area (Å²) in [4.78, 5) is 16.0. The number of amides is 1. The number of rotatable bonds is 3. The van der Waals surface area contributed by atoms with Crippen LogP contribution in [0.1, 0.15) is 72.0 Å². The normalized spacial score (nSPS) is 20.9. The second-order valence-electron chi connectivity index (χ2n) is 6.72. The zero-order valence-corrected chi connectivity index (χ0v) is 15.0. The Morgan fingerprint density at radius 3 is 3.04 bits per heavy atom. The third kappa shape index (κ3) is 2.66. The van der Waals surface area contributed by atoms with Gasteiger partial charge in [-0.15, -0.1) is 21.5 Å². The van der Waals surface area contributed by atoms with Gasteiger partial charge >= 0.3 is 0 Å². The minimum atomic E-state index is 0.0867. The van der Waals surface area contributed by atoms with Gasteiger partial charge in [0, 0.05) is 19.5 Å². The SMILES string of the molecule is CCc1ccsc1C(=O)N1CCCC1c1nnc2n1CCCCC2. The van der Waals surface area contributed by atoms with E-state index in [0.717, 1.165) is 60.9 Å². The quantitative estimate of drug-likeness (QED) is 0.855. The fraction of sp³-hybridized carbons (Fsp3) is 0.611. The van der Waals surface area contributed by atoms with E-state index in [9.17, 15) is 4.79 Å². The van der Waals surface area contributed by atoms with Crippen LogP contribution in [0, 0.1) is 0 Å². The molecule has 2 aliphatic rings. The summed E-state index contributed by atoms with van der Waals surface area (Å²) in [5.74, 6) is 2.29. The third-order valence-electron chi connectivity index (χ3n) is 5.27. The Balaban J connectivity index is 1.64. The molecule has 1 saturated heterocycles. The Bertz CT molecular complexity index is 735. The molecular formula is C18H24N4OS. The van der Waals surface area contributed by atoms with Crippen molar-refractivity contribution in [1.82, 2.24) is 19.7 Å². The molecule has 4 heterocycles. The molecule has 128 valence electrons. The molecule has 1 atom stereocenters. The van der Waals surface area contributed by atoms with Gasteiger partial charge in [-0.1, -0.05) is 13.3 Å². The zero-order valence-electron chi connectivity index (χ0n) is 14.2. The zero-order chi connectivity index (χ0) is 16.5. The van der Waals surface area contributed by atoms with Crippen LogP contribution in [0.3, 0.4) is 0 Å². The van der Waals surface area contributed by atoms with Crippen LogP contribution in [0.2, 0.25) is 0 Å². The third-order valence-corrected chi connectivity index (χ3v) is 6.22. The molecule has 0 bridgehead atoms. The summed E-state index contributed by atoms with van der Waals surface area (Å²) in [7, 11) is 0. The van der Waals surface area contributed by atoms with Crippen LogP contribution in [0.25, 0.3) is 0 Å². The number of aromatic nitrogens is 3. The van der Waals surface area contributed by atoms with Gasteiger partial charge in [-0.25, -0.2) is 0 Å². The predicted octanol–water partition coefficient (Wildman–Crippen LogP) is 3.61. The number of hydrogen-bond donors (Lipinski definition) is 0. The van der Waals surface area contributed by atoms with Crippen molar-refractivity contribution in [3.05, 3.63) is 33.5 Å². The number of carbonyl (C=O) groups excluding carboxylic acids is 1. The van der Waals surface area contributed by atoms with Gasteiger partial charge < -0.3 is 9.47 Å². The molecule has 0 N–H and O–H groups in total. The molecule has 0 saturated carbocycles. The smallest absolute Gasteiger partial charge is 0.264 e. The average molecular weight is 344 g/mol. The number of aryl methyl sites for hydroxylation is 2. The van der Waals surface area contributed by atoms with Crippen LogP contribution in [0.4, 0.5) is 0 Å². The number of thiophene rings is 1. The van der Waals surface area contributed by atoms with Crippen LogP contribution in [0.15, 0.2) is 11.4 Å². The fourth-order valence-corrected chi connectivity index (χ4v) is 4.91. The van der Waals surface area contributed by atoms with Crippen LogP contribution >= 0.6 is 11.3 Å². The minimum Gasteiger partial charge on any atom is -0.328 e. The van der Waals surface area contributed by atoms with Crippen molar-refractivity contribution in [3.63, 3.8) is 0 Å². The van der Waals surface area contributed by atoms with E-state index in [-0.39, 0.29) is 11.9 Å². The largest absolute Gasteiger partial charge is 0.328 e. The molecule has 1 amide bonds. The van der Waals surface area contributed by atoms with E-state index in [4.69, 9.17) is 0 Å². The first kappa shape index (κ1) is 15.8. The lowest BCUT2D eigenvalue weighted by atomic mass is 10.1. The van der Waals surface area contributed by atoms with E-state index in [1.54, 1.807) is 11.3 Å². The fourth-order valence-electron chi connectivity index (χ4n) is 3.96. The van der Waals surface area contributed by atoms with Crippen LogP contribution < -0.4 is 0 Å². The molecule has 0 spiro atoms. The molecule has 2 aliphatic heterocycles. The number of carbonyl (C=O) groups is 1. The van der Waals surface area contributed by atoms with E-state index in [2.05, 4.69) is 27.8 Å². The average Bonchev–Trinajstić information content (AvgIpc) is 3.30. The Kier molecular flexibility index (Phi) is 4.39. The summed E-state index contributed by atoms with van der Waals surface area (Å²) >= 11 is 1.57. The number of hydrogen-bond acceptors (Lipinski definition) is 4. The Labute approximate surface area is 146 Å². The molecule has 2 aromatic rings. The lowest BCUT2D eigenvalue weighted by molar-refractivity contribution is 0.0731. The summed E-state index contributed by atoms with van der Waals surface area (Å²) < 4.78 is 2.29. The van der Waals surface area contributed by atoms with Crippen LogP contribution in [-0.2, 0) is 19.4 Å². The van der Waals surface area contributed by atoms with Gasteiger partial charge in [0.15, 0.2) is 5.82 Å². The maximum Gasteiger partial charge on any atom is 0.264 e. The second-order valence-corrected chi connectivity index (χ2v) is 7.64. The van der Waals surface area contributed by atoms with Gasteiger partial charge in [-0.3, -0.25) is 4.79 Å². The molecule has 2 aromatic heterocycles. The summed E-state index contributed by atoms with van der Waals surface area (Å²) in [6.07, 6.45) is 7.60. The number of likely N-dealkylation sites (tertiary alicyclic amines) is 1. The molecule has 6 heteroatoms. The molecule has 0 radical (unpaired) electrons. The van der Waals surface area contributed by atoms with Crippen LogP contribution in [0.5, 0.6) is 0 Å². The monoisotopic (exact) mass is 344 g/mol. The van der Waals surface area contributed by atoms with Gasteiger partial charge in [0.1, 0.15) is 5.82 Å². The molecule has 4 rings (SSSR count). The van der Waals surface area contributed by atoms with Gasteiger partial charge in [0.05, 0.1) is 10.9 Å². The topological polar surface area (TPSA) is 51.0 Å². The van der Waals surface area contributed by atoms with E-state index < -0.39 is 0 Å². The van der Waals surface area contributed by atoms with E-state index >= 15 is 0 Å². The first-order valence-electron chi connectivity index (χ1n) is 9.09. The molecule has 0 aromatic carbocycles. The van der Waals surface area contributed by atoms with Crippen molar-refractivity contribution in [2.45, 2.75) is 64.5 Å². The maximum absolute atomic E-state index is 13.1. The van der Waals surface area contributed by atoms with Crippen molar-refractivity contribution < 1.29 is 4.79 Å². The Morgan fingerprint density at radius 1 is 1.25 bits per heavy atom. The van der Waals surface area contributed by atoms with Crippen molar-refractivity contribution >= 4 is 17.2 Å². The van der Waals surface area contributed by atoms with Gasteiger partial charge in [-0.2, -0.15) is 0 Å². The van der Waals surface area contributed by atoms with Gasteiger partial charge in [-0.05, 0) is 49.1 Å². The van der Waals surface area contributed by atoms with Crippen molar-refractivity contribution in [3.8, 4) is 0 Å². The van der Waals surface area contributed by atoms with Gasteiger partial charge in [0.25, 0.3) is 5.91 Å². The summed E-state index contributed by atoms with van der Waals surface area (Å²) in [6, 6.07) is 2.16. The van der Waals surface area contributed by atoms with E-state index in [0.29, 0.717) is 0 Å². The summed E-state index contributed by atoms with van der Waals surface area (Å²) in [5, 5.41) is 11.0. The predicted molar refractivity (Wildman–Crippen MR) is 94.3 cm³/mol. The van der Waals surface area contributed by atoms with Crippen LogP contribution in [-0.4, -0.2) is 32.1 Å². The highest BCUT2D eigenvalue weighted by Gasteiger charge is 2.35. The highest BCUT2D eigenvalue weighted by molar-refractivity contribution is 7.12. The second kappa shape index (κ2) is 6.67. The lowest BCUT2D eigenvalue weighted by Crippen LogP contribution is -2.32. The standard InChI is InChI=1S/C18H24N4OS/c1-2-13-9-12-24-16(13)18(23)21-11-6-7-14(21)17-20-19-15-8-4-3-5-10-22(15)17/h9,12,14H,2-8,10-11H2,1H3.